The van der Waals surface area contributed by atoms with Crippen molar-refractivity contribution in [3.05, 3.63) is 26.3 Å². The zero-order chi connectivity index (χ0) is 26.0. The molecule has 2 amide bonds. The number of aromatic nitrogens is 3. The van der Waals surface area contributed by atoms with Crippen molar-refractivity contribution in [3.63, 3.8) is 0 Å². The number of nitrogens with two attached hydrogens (primary N) is 1. The van der Waals surface area contributed by atoms with Crippen LogP contribution in [-0.2, 0) is 19.2 Å². The molecule has 0 aliphatic carbocycles. The number of anilines is 1. The van der Waals surface area contributed by atoms with Crippen molar-refractivity contribution in [3.8, 4) is 12.3 Å². The minimum atomic E-state index is -1.22. The lowest BCUT2D eigenvalue weighted by molar-refractivity contribution is -0.150. The number of hydrogen-bond donors (Lipinski definition) is 3. The summed E-state index contributed by atoms with van der Waals surface area (Å²) in [5, 5.41) is 24.4. The van der Waals surface area contributed by atoms with Crippen LogP contribution in [0.5, 0.6) is 0 Å². The van der Waals surface area contributed by atoms with Crippen molar-refractivity contribution < 1.29 is 24.3 Å². The molecular formula is C19H16ClN7O5S4. The van der Waals surface area contributed by atoms with Gasteiger partial charge in [-0.3, -0.25) is 14.5 Å². The molecule has 17 heteroatoms. The van der Waals surface area contributed by atoms with Crippen LogP contribution >= 0.6 is 57.8 Å². The number of halogens is 1. The number of aryl methyl sites for hydroxylation is 1. The summed E-state index contributed by atoms with van der Waals surface area (Å²) in [5.41, 5.74) is 5.82. The second kappa shape index (κ2) is 11.0. The van der Waals surface area contributed by atoms with Gasteiger partial charge in [0, 0.05) is 11.5 Å². The number of carbonyl (C=O) groups excluding carboxylic acids is 2. The fourth-order valence-electron chi connectivity index (χ4n) is 3.28. The van der Waals surface area contributed by atoms with E-state index in [-0.39, 0.29) is 33.2 Å². The van der Waals surface area contributed by atoms with Crippen LogP contribution in [0.25, 0.3) is 0 Å². The molecule has 2 aliphatic rings. The summed E-state index contributed by atoms with van der Waals surface area (Å²) in [7, 11) is 0. The predicted molar refractivity (Wildman–Crippen MR) is 138 cm³/mol. The Morgan fingerprint density at radius 3 is 2.83 bits per heavy atom. The fraction of sp³-hybridized carbons (Fsp3) is 0.316. The highest BCUT2D eigenvalue weighted by Crippen LogP contribution is 2.42. The topological polar surface area (TPSA) is 173 Å². The van der Waals surface area contributed by atoms with E-state index < -0.39 is 29.2 Å². The molecule has 2 aromatic rings. The summed E-state index contributed by atoms with van der Waals surface area (Å²) >= 11 is 11.2. The third kappa shape index (κ3) is 5.30. The molecule has 1 saturated heterocycles. The molecule has 0 bridgehead atoms. The third-order valence-corrected chi connectivity index (χ3v) is 9.24. The number of thiazole rings is 1. The zero-order valence-corrected chi connectivity index (χ0v) is 22.3. The van der Waals surface area contributed by atoms with Crippen molar-refractivity contribution in [2.24, 2.45) is 5.16 Å². The normalized spacial score (nSPS) is 19.4. The summed E-state index contributed by atoms with van der Waals surface area (Å²) in [4.78, 5) is 48.2. The summed E-state index contributed by atoms with van der Waals surface area (Å²) < 4.78 is 0.806. The quantitative estimate of drug-likeness (QED) is 0.0969. The van der Waals surface area contributed by atoms with Gasteiger partial charge < -0.3 is 21.0 Å². The number of nitrogens with one attached hydrogen (secondary N) is 1. The molecule has 4 N–H and O–H groups in total. The number of amides is 2. The van der Waals surface area contributed by atoms with Crippen LogP contribution in [-0.4, -0.2) is 78.2 Å². The number of terminal acetylenes is 1. The Hall–Kier alpha value is -2.84. The average Bonchev–Trinajstić information content (AvgIpc) is 3.41. The summed E-state index contributed by atoms with van der Waals surface area (Å²) in [5.74, 6) is 0.311. The molecule has 2 aliphatic heterocycles. The molecule has 0 aromatic carbocycles. The first-order valence-electron chi connectivity index (χ1n) is 9.90. The first kappa shape index (κ1) is 26.2. The van der Waals surface area contributed by atoms with Gasteiger partial charge in [-0.15, -0.1) is 28.4 Å². The lowest BCUT2D eigenvalue weighted by Gasteiger charge is -2.49. The number of carboxylic acid groups (broad SMARTS) is 1. The maximum Gasteiger partial charge on any atom is 0.352 e. The van der Waals surface area contributed by atoms with E-state index in [0.717, 1.165) is 16.3 Å². The van der Waals surface area contributed by atoms with Gasteiger partial charge in [-0.05, 0) is 12.5 Å². The molecule has 1 unspecified atom stereocenters. The van der Waals surface area contributed by atoms with Gasteiger partial charge in [-0.1, -0.05) is 57.1 Å². The molecule has 36 heavy (non-hydrogen) atoms. The smallest absolute Gasteiger partial charge is 0.352 e. The fourth-order valence-corrected chi connectivity index (χ4v) is 7.51. The van der Waals surface area contributed by atoms with Crippen LogP contribution in [0.1, 0.15) is 10.7 Å². The molecule has 4 heterocycles. The second-order valence-electron chi connectivity index (χ2n) is 7.09. The molecule has 0 saturated carbocycles. The number of carbonyl (C=O) groups is 3. The van der Waals surface area contributed by atoms with Crippen LogP contribution in [0.4, 0.5) is 5.13 Å². The van der Waals surface area contributed by atoms with E-state index in [4.69, 9.17) is 28.6 Å². The van der Waals surface area contributed by atoms with Crippen LogP contribution in [0.3, 0.4) is 0 Å². The lowest BCUT2D eigenvalue weighted by Crippen LogP contribution is -2.71. The third-order valence-electron chi connectivity index (χ3n) is 4.76. The van der Waals surface area contributed by atoms with Crippen molar-refractivity contribution in [2.45, 2.75) is 22.7 Å². The molecule has 0 radical (unpaired) electrons. The SMILES string of the molecule is C#CCON=C(C(=O)NC1C(=O)N2C(C(=O)O)=C(CSc3nnc(C)s3)CS[C@@H]12)c1nc(N)sc1Cl. The Bertz CT molecular complexity index is 1330. The summed E-state index contributed by atoms with van der Waals surface area (Å²) in [6.07, 6.45) is 5.15. The highest BCUT2D eigenvalue weighted by Gasteiger charge is 2.54. The number of nitrogens with zero attached hydrogens (tertiary/aromatic N) is 5. The number of nitrogen functional groups attached to an aromatic ring is 1. The van der Waals surface area contributed by atoms with E-state index in [0.29, 0.717) is 21.4 Å². The van der Waals surface area contributed by atoms with Crippen molar-refractivity contribution in [1.82, 2.24) is 25.4 Å². The van der Waals surface area contributed by atoms with Crippen LogP contribution < -0.4 is 11.1 Å². The average molecular weight is 586 g/mol. The number of oxime groups is 1. The van der Waals surface area contributed by atoms with Gasteiger partial charge in [-0.25, -0.2) is 9.78 Å². The van der Waals surface area contributed by atoms with Gasteiger partial charge in [0.05, 0.1) is 0 Å². The van der Waals surface area contributed by atoms with Gasteiger partial charge in [0.15, 0.2) is 21.8 Å². The maximum absolute atomic E-state index is 13.0. The molecule has 12 nitrogen and oxygen atoms in total. The van der Waals surface area contributed by atoms with Crippen LogP contribution in [0, 0.1) is 19.3 Å². The molecule has 1 fully saturated rings. The van der Waals surface area contributed by atoms with Crippen molar-refractivity contribution in [1.29, 1.82) is 0 Å². The lowest BCUT2D eigenvalue weighted by atomic mass is 10.0. The zero-order valence-electron chi connectivity index (χ0n) is 18.3. The Morgan fingerprint density at radius 1 is 1.44 bits per heavy atom. The first-order valence-corrected chi connectivity index (χ1v) is 13.9. The van der Waals surface area contributed by atoms with E-state index >= 15 is 0 Å². The van der Waals surface area contributed by atoms with E-state index in [2.05, 4.69) is 31.6 Å². The van der Waals surface area contributed by atoms with E-state index in [9.17, 15) is 19.5 Å². The second-order valence-corrected chi connectivity index (χ2v) is 12.2. The summed E-state index contributed by atoms with van der Waals surface area (Å²) in [6.45, 7) is 1.61. The van der Waals surface area contributed by atoms with Gasteiger partial charge >= 0.3 is 5.97 Å². The van der Waals surface area contributed by atoms with E-state index in [1.54, 1.807) is 0 Å². The Kier molecular flexibility index (Phi) is 8.05. The maximum atomic E-state index is 13.0. The Morgan fingerprint density at radius 2 is 2.22 bits per heavy atom. The monoisotopic (exact) mass is 585 g/mol. The van der Waals surface area contributed by atoms with Crippen molar-refractivity contribution >= 4 is 86.4 Å². The van der Waals surface area contributed by atoms with Gasteiger partial charge in [0.2, 0.25) is 0 Å². The molecule has 0 spiro atoms. The number of carboxylic acids is 1. The number of fused-ring (bicyclic) bond motifs is 1. The standard InChI is InChI=1S/C19H16ClN7O5S4/c1-3-4-32-26-10(9-13(20)36-18(21)23-9)14(28)22-11-15(29)27-12(17(30)31)8(5-33-16(11)27)6-34-19-25-24-7(2)35-19/h1,11,16H,4-6H2,2H3,(H2,21,23)(H,22,28)(H,30,31)/t11?,16-/m0/s1. The molecule has 2 aromatic heterocycles. The molecule has 4 rings (SSSR count). The highest BCUT2D eigenvalue weighted by atomic mass is 35.5. The molecule has 2 atom stereocenters. The number of rotatable bonds is 9. The van der Waals surface area contributed by atoms with E-state index in [1.165, 1.54) is 39.8 Å². The Balaban J connectivity index is 1.51. The summed E-state index contributed by atoms with van der Waals surface area (Å²) in [6, 6.07) is -0.996. The molecule has 188 valence electrons. The number of hydrogen-bond acceptors (Lipinski definition) is 13. The number of aliphatic carboxylic acids is 1. The number of β-lactam (4-membered cyclic amide) rings is 1. The van der Waals surface area contributed by atoms with E-state index in [1.807, 2.05) is 6.92 Å². The Labute approximate surface area is 225 Å². The minimum Gasteiger partial charge on any atom is -0.477 e. The largest absolute Gasteiger partial charge is 0.477 e. The number of thioether (sulfide) groups is 2. The predicted octanol–water partition coefficient (Wildman–Crippen LogP) is 1.42. The van der Waals surface area contributed by atoms with Gasteiger partial charge in [0.1, 0.15) is 32.2 Å². The first-order chi connectivity index (χ1) is 17.2. The van der Waals surface area contributed by atoms with Gasteiger partial charge in [-0.2, -0.15) is 0 Å². The molecular weight excluding hydrogens is 570 g/mol. The highest BCUT2D eigenvalue weighted by molar-refractivity contribution is 8.01. The van der Waals surface area contributed by atoms with Crippen molar-refractivity contribution in [2.75, 3.05) is 23.8 Å². The van der Waals surface area contributed by atoms with Crippen LogP contribution in [0.2, 0.25) is 4.34 Å². The van der Waals surface area contributed by atoms with Crippen LogP contribution in [0.15, 0.2) is 20.8 Å². The van der Waals surface area contributed by atoms with Gasteiger partial charge in [0.25, 0.3) is 11.8 Å². The minimum absolute atomic E-state index is 0.0223.